The quantitative estimate of drug-likeness (QED) is 0.695. The summed E-state index contributed by atoms with van der Waals surface area (Å²) < 4.78 is 5.36. The standard InChI is InChI=1S/C13H26N2O/c1-2-8-15(7-1)9-3-6-14-12-13-4-10-16-11-5-13/h13-14H,1-12H2. The molecule has 0 radical (unpaired) electrons. The molecule has 0 aromatic rings. The highest BCUT2D eigenvalue weighted by atomic mass is 16.5. The maximum absolute atomic E-state index is 5.36. The number of nitrogens with one attached hydrogen (secondary N) is 1. The van der Waals surface area contributed by atoms with Crippen molar-refractivity contribution in [2.75, 3.05) is 45.9 Å². The van der Waals surface area contributed by atoms with Crippen LogP contribution < -0.4 is 5.32 Å². The normalized spacial score (nSPS) is 24.0. The topological polar surface area (TPSA) is 24.5 Å². The van der Waals surface area contributed by atoms with Gasteiger partial charge in [-0.15, -0.1) is 0 Å². The molecule has 2 fully saturated rings. The largest absolute Gasteiger partial charge is 0.381 e. The highest BCUT2D eigenvalue weighted by Crippen LogP contribution is 2.13. The van der Waals surface area contributed by atoms with Crippen LogP contribution in [0.5, 0.6) is 0 Å². The Morgan fingerprint density at radius 3 is 2.62 bits per heavy atom. The van der Waals surface area contributed by atoms with Crippen LogP contribution in [-0.4, -0.2) is 50.8 Å². The first-order valence-electron chi connectivity index (χ1n) is 6.96. The van der Waals surface area contributed by atoms with Crippen molar-refractivity contribution in [3.8, 4) is 0 Å². The Kier molecular flexibility index (Phi) is 5.59. The van der Waals surface area contributed by atoms with E-state index in [-0.39, 0.29) is 0 Å². The van der Waals surface area contributed by atoms with Crippen LogP contribution in [0.3, 0.4) is 0 Å². The van der Waals surface area contributed by atoms with Gasteiger partial charge in [-0.1, -0.05) is 0 Å². The molecule has 1 N–H and O–H groups in total. The van der Waals surface area contributed by atoms with E-state index in [0.717, 1.165) is 19.1 Å². The van der Waals surface area contributed by atoms with Crippen molar-refractivity contribution in [2.45, 2.75) is 32.1 Å². The molecule has 0 atom stereocenters. The number of ether oxygens (including phenoxy) is 1. The van der Waals surface area contributed by atoms with Crippen LogP contribution in [0.25, 0.3) is 0 Å². The average molecular weight is 226 g/mol. The Morgan fingerprint density at radius 1 is 1.12 bits per heavy atom. The molecular formula is C13H26N2O. The highest BCUT2D eigenvalue weighted by molar-refractivity contribution is 4.68. The lowest BCUT2D eigenvalue weighted by Crippen LogP contribution is -2.30. The molecule has 16 heavy (non-hydrogen) atoms. The Labute approximate surface area is 99.5 Å². The molecule has 0 amide bonds. The lowest BCUT2D eigenvalue weighted by atomic mass is 10.0. The molecule has 2 heterocycles. The number of likely N-dealkylation sites (tertiary alicyclic amines) is 1. The Balaban J connectivity index is 1.42. The Morgan fingerprint density at radius 2 is 1.88 bits per heavy atom. The van der Waals surface area contributed by atoms with E-state index < -0.39 is 0 Å². The molecule has 0 spiro atoms. The second kappa shape index (κ2) is 7.25. The minimum absolute atomic E-state index is 0.862. The van der Waals surface area contributed by atoms with Gasteiger partial charge in [0.25, 0.3) is 0 Å². The van der Waals surface area contributed by atoms with Crippen LogP contribution >= 0.6 is 0 Å². The lowest BCUT2D eigenvalue weighted by Gasteiger charge is -2.22. The summed E-state index contributed by atoms with van der Waals surface area (Å²) in [7, 11) is 0. The first kappa shape index (κ1) is 12.3. The Bertz CT molecular complexity index is 175. The van der Waals surface area contributed by atoms with E-state index in [2.05, 4.69) is 10.2 Å². The smallest absolute Gasteiger partial charge is 0.0469 e. The molecule has 2 aliphatic heterocycles. The fraction of sp³-hybridized carbons (Fsp3) is 1.00. The summed E-state index contributed by atoms with van der Waals surface area (Å²) in [4.78, 5) is 2.59. The SMILES string of the molecule is C1CCN(CCCNCC2CCOCC2)C1. The van der Waals surface area contributed by atoms with E-state index in [1.54, 1.807) is 0 Å². The van der Waals surface area contributed by atoms with Gasteiger partial charge < -0.3 is 15.0 Å². The minimum Gasteiger partial charge on any atom is -0.381 e. The van der Waals surface area contributed by atoms with Gasteiger partial charge in [-0.3, -0.25) is 0 Å². The number of rotatable bonds is 6. The molecule has 0 unspecified atom stereocenters. The third-order valence-corrected chi connectivity index (χ3v) is 3.80. The molecule has 2 aliphatic rings. The molecule has 3 heteroatoms. The third kappa shape index (κ3) is 4.40. The van der Waals surface area contributed by atoms with E-state index in [1.807, 2.05) is 0 Å². The summed E-state index contributed by atoms with van der Waals surface area (Å²) in [6.07, 6.45) is 6.63. The number of hydrogen-bond donors (Lipinski definition) is 1. The third-order valence-electron chi connectivity index (χ3n) is 3.80. The fourth-order valence-corrected chi connectivity index (χ4v) is 2.69. The van der Waals surface area contributed by atoms with Gasteiger partial charge in [0, 0.05) is 13.2 Å². The zero-order valence-electron chi connectivity index (χ0n) is 10.4. The van der Waals surface area contributed by atoms with Crippen molar-refractivity contribution in [1.29, 1.82) is 0 Å². The second-order valence-electron chi connectivity index (χ2n) is 5.16. The maximum Gasteiger partial charge on any atom is 0.0469 e. The van der Waals surface area contributed by atoms with E-state index in [9.17, 15) is 0 Å². The van der Waals surface area contributed by atoms with Crippen LogP contribution in [0.4, 0.5) is 0 Å². The fourth-order valence-electron chi connectivity index (χ4n) is 2.69. The molecular weight excluding hydrogens is 200 g/mol. The lowest BCUT2D eigenvalue weighted by molar-refractivity contribution is 0.0663. The van der Waals surface area contributed by atoms with Gasteiger partial charge in [0.15, 0.2) is 0 Å². The summed E-state index contributed by atoms with van der Waals surface area (Å²) in [5.41, 5.74) is 0. The molecule has 0 aliphatic carbocycles. The van der Waals surface area contributed by atoms with Crippen molar-refractivity contribution in [2.24, 2.45) is 5.92 Å². The first-order chi connectivity index (χ1) is 7.95. The van der Waals surface area contributed by atoms with Crippen LogP contribution in [0.2, 0.25) is 0 Å². The van der Waals surface area contributed by atoms with E-state index in [1.165, 1.54) is 64.8 Å². The van der Waals surface area contributed by atoms with Crippen LogP contribution in [0.15, 0.2) is 0 Å². The minimum atomic E-state index is 0.862. The molecule has 2 rings (SSSR count). The average Bonchev–Trinajstić information content (AvgIpc) is 2.83. The number of hydrogen-bond acceptors (Lipinski definition) is 3. The number of nitrogens with zero attached hydrogens (tertiary/aromatic N) is 1. The van der Waals surface area contributed by atoms with Crippen molar-refractivity contribution in [3.63, 3.8) is 0 Å². The first-order valence-corrected chi connectivity index (χ1v) is 6.96. The predicted molar refractivity (Wildman–Crippen MR) is 66.7 cm³/mol. The zero-order valence-corrected chi connectivity index (χ0v) is 10.4. The van der Waals surface area contributed by atoms with Gasteiger partial charge in [0.2, 0.25) is 0 Å². The molecule has 0 aromatic heterocycles. The van der Waals surface area contributed by atoms with Crippen molar-refractivity contribution >= 4 is 0 Å². The summed E-state index contributed by atoms with van der Waals surface area (Å²) in [6.45, 7) is 8.29. The summed E-state index contributed by atoms with van der Waals surface area (Å²) in [6, 6.07) is 0. The van der Waals surface area contributed by atoms with E-state index in [4.69, 9.17) is 4.74 Å². The molecule has 2 saturated heterocycles. The van der Waals surface area contributed by atoms with Gasteiger partial charge in [-0.2, -0.15) is 0 Å². The maximum atomic E-state index is 5.36. The molecule has 0 saturated carbocycles. The second-order valence-corrected chi connectivity index (χ2v) is 5.16. The zero-order chi connectivity index (χ0) is 11.1. The monoisotopic (exact) mass is 226 g/mol. The van der Waals surface area contributed by atoms with Crippen LogP contribution in [0, 0.1) is 5.92 Å². The summed E-state index contributed by atoms with van der Waals surface area (Å²) in [5.74, 6) is 0.862. The molecule has 3 nitrogen and oxygen atoms in total. The van der Waals surface area contributed by atoms with Gasteiger partial charge >= 0.3 is 0 Å². The van der Waals surface area contributed by atoms with Crippen LogP contribution in [0.1, 0.15) is 32.1 Å². The van der Waals surface area contributed by atoms with E-state index >= 15 is 0 Å². The predicted octanol–water partition coefficient (Wildman–Crippen LogP) is 1.49. The van der Waals surface area contributed by atoms with Crippen molar-refractivity contribution in [1.82, 2.24) is 10.2 Å². The van der Waals surface area contributed by atoms with E-state index in [0.29, 0.717) is 0 Å². The Hall–Kier alpha value is -0.120. The van der Waals surface area contributed by atoms with Gasteiger partial charge in [-0.25, -0.2) is 0 Å². The van der Waals surface area contributed by atoms with Gasteiger partial charge in [-0.05, 0) is 70.7 Å². The van der Waals surface area contributed by atoms with Crippen molar-refractivity contribution in [3.05, 3.63) is 0 Å². The molecule has 94 valence electrons. The summed E-state index contributed by atoms with van der Waals surface area (Å²) >= 11 is 0. The molecule has 0 bridgehead atoms. The summed E-state index contributed by atoms with van der Waals surface area (Å²) in [5, 5.41) is 3.60. The van der Waals surface area contributed by atoms with Gasteiger partial charge in [0.1, 0.15) is 0 Å². The highest BCUT2D eigenvalue weighted by Gasteiger charge is 2.13. The van der Waals surface area contributed by atoms with Gasteiger partial charge in [0.05, 0.1) is 0 Å². The molecule has 0 aromatic carbocycles. The van der Waals surface area contributed by atoms with Crippen LogP contribution in [-0.2, 0) is 4.74 Å². The van der Waals surface area contributed by atoms with Crippen molar-refractivity contribution < 1.29 is 4.74 Å².